The van der Waals surface area contributed by atoms with Gasteiger partial charge in [0, 0.05) is 6.42 Å². The van der Waals surface area contributed by atoms with Gasteiger partial charge in [0.25, 0.3) is 0 Å². The van der Waals surface area contributed by atoms with Crippen LogP contribution in [0.5, 0.6) is 0 Å². The van der Waals surface area contributed by atoms with Crippen molar-refractivity contribution in [2.24, 2.45) is 5.92 Å². The Morgan fingerprint density at radius 1 is 0.708 bits per heavy atom. The van der Waals surface area contributed by atoms with E-state index in [1.807, 2.05) is 0 Å². The third kappa shape index (κ3) is 17.8. The van der Waals surface area contributed by atoms with E-state index in [9.17, 15) is 4.79 Å². The van der Waals surface area contributed by atoms with Crippen molar-refractivity contribution < 1.29 is 9.53 Å². The predicted octanol–water partition coefficient (Wildman–Crippen LogP) is 7.45. The van der Waals surface area contributed by atoms with Gasteiger partial charge in [0.15, 0.2) is 0 Å². The highest BCUT2D eigenvalue weighted by atomic mass is 16.5. The average molecular weight is 341 g/mol. The number of hydrogen-bond acceptors (Lipinski definition) is 2. The van der Waals surface area contributed by atoms with Crippen molar-refractivity contribution in [1.29, 1.82) is 0 Å². The van der Waals surface area contributed by atoms with E-state index in [1.54, 1.807) is 0 Å². The first-order chi connectivity index (χ1) is 11.7. The van der Waals surface area contributed by atoms with E-state index in [0.29, 0.717) is 18.9 Å². The van der Waals surface area contributed by atoms with Crippen LogP contribution in [-0.2, 0) is 9.53 Å². The highest BCUT2D eigenvalue weighted by Gasteiger charge is 2.07. The van der Waals surface area contributed by atoms with E-state index in [4.69, 9.17) is 4.74 Å². The molecule has 0 bridgehead atoms. The number of hydrogen-bond donors (Lipinski definition) is 0. The monoisotopic (exact) mass is 340 g/mol. The largest absolute Gasteiger partial charge is 0.465 e. The van der Waals surface area contributed by atoms with E-state index >= 15 is 0 Å². The molecule has 0 rings (SSSR count). The zero-order valence-corrected chi connectivity index (χ0v) is 16.9. The second kappa shape index (κ2) is 18.8. The molecule has 0 aliphatic heterocycles. The molecule has 0 spiro atoms. The molecule has 0 fully saturated rings. The fourth-order valence-corrected chi connectivity index (χ4v) is 3.07. The summed E-state index contributed by atoms with van der Waals surface area (Å²) in [5.41, 5.74) is 0. The van der Waals surface area contributed by atoms with Gasteiger partial charge in [0.2, 0.25) is 0 Å². The van der Waals surface area contributed by atoms with Crippen LogP contribution >= 0.6 is 0 Å². The summed E-state index contributed by atoms with van der Waals surface area (Å²) in [5, 5.41) is 0. The van der Waals surface area contributed by atoms with Crippen molar-refractivity contribution in [3.63, 3.8) is 0 Å². The molecule has 144 valence electrons. The van der Waals surface area contributed by atoms with Crippen molar-refractivity contribution in [2.45, 2.75) is 124 Å². The molecule has 2 nitrogen and oxygen atoms in total. The van der Waals surface area contributed by atoms with Gasteiger partial charge >= 0.3 is 5.97 Å². The number of carbonyl (C=O) groups excluding carboxylic acids is 1. The van der Waals surface area contributed by atoms with Crippen molar-refractivity contribution in [1.82, 2.24) is 0 Å². The highest BCUT2D eigenvalue weighted by Crippen LogP contribution is 2.13. The second-order valence-electron chi connectivity index (χ2n) is 7.57. The molecule has 0 aromatic rings. The summed E-state index contributed by atoms with van der Waals surface area (Å²) in [6.07, 6.45) is 20.1. The van der Waals surface area contributed by atoms with Gasteiger partial charge in [-0.2, -0.15) is 0 Å². The van der Waals surface area contributed by atoms with Gasteiger partial charge in [-0.15, -0.1) is 0 Å². The van der Waals surface area contributed by atoms with Gasteiger partial charge < -0.3 is 4.74 Å². The van der Waals surface area contributed by atoms with Crippen LogP contribution in [0.3, 0.4) is 0 Å². The Labute approximate surface area is 152 Å². The van der Waals surface area contributed by atoms with Crippen LogP contribution in [0.4, 0.5) is 0 Å². The molecular weight excluding hydrogens is 296 g/mol. The lowest BCUT2D eigenvalue weighted by molar-refractivity contribution is -0.145. The molecule has 0 aliphatic rings. The zero-order chi connectivity index (χ0) is 17.9. The normalized spacial score (nSPS) is 12.3. The third-order valence-corrected chi connectivity index (χ3v) is 4.81. The van der Waals surface area contributed by atoms with Crippen LogP contribution in [0.25, 0.3) is 0 Å². The molecule has 0 radical (unpaired) electrons. The molecular formula is C22H44O2. The molecule has 0 heterocycles. The summed E-state index contributed by atoms with van der Waals surface area (Å²) in [6, 6.07) is 0. The smallest absolute Gasteiger partial charge is 0.305 e. The van der Waals surface area contributed by atoms with Gasteiger partial charge in [-0.3, -0.25) is 4.79 Å². The van der Waals surface area contributed by atoms with Crippen LogP contribution in [0, 0.1) is 5.92 Å². The van der Waals surface area contributed by atoms with Crippen LogP contribution < -0.4 is 0 Å². The third-order valence-electron chi connectivity index (χ3n) is 4.81. The number of carbonyl (C=O) groups is 1. The molecule has 24 heavy (non-hydrogen) atoms. The molecule has 0 saturated heterocycles. The molecule has 0 aromatic carbocycles. The lowest BCUT2D eigenvalue weighted by Crippen LogP contribution is -2.11. The van der Waals surface area contributed by atoms with E-state index in [-0.39, 0.29) is 5.97 Å². The predicted molar refractivity (Wildman–Crippen MR) is 105 cm³/mol. The van der Waals surface area contributed by atoms with Gasteiger partial charge in [-0.25, -0.2) is 0 Å². The minimum atomic E-state index is 0.00765. The van der Waals surface area contributed by atoms with E-state index in [2.05, 4.69) is 20.8 Å². The topological polar surface area (TPSA) is 26.3 Å². The summed E-state index contributed by atoms with van der Waals surface area (Å²) in [6.45, 7) is 7.29. The van der Waals surface area contributed by atoms with Crippen molar-refractivity contribution in [3.05, 3.63) is 0 Å². The average Bonchev–Trinajstić information content (AvgIpc) is 2.58. The first-order valence-electron chi connectivity index (χ1n) is 10.9. The van der Waals surface area contributed by atoms with Crippen LogP contribution in [0.1, 0.15) is 124 Å². The molecule has 0 aromatic heterocycles. The van der Waals surface area contributed by atoms with Crippen LogP contribution in [0.2, 0.25) is 0 Å². The maximum atomic E-state index is 11.7. The van der Waals surface area contributed by atoms with E-state index in [1.165, 1.54) is 89.9 Å². The van der Waals surface area contributed by atoms with Gasteiger partial charge in [-0.1, -0.05) is 104 Å². The van der Waals surface area contributed by atoms with Gasteiger partial charge in [0.1, 0.15) is 0 Å². The molecule has 1 unspecified atom stereocenters. The van der Waals surface area contributed by atoms with Crippen LogP contribution in [0.15, 0.2) is 0 Å². The molecule has 0 N–H and O–H groups in total. The summed E-state index contributed by atoms with van der Waals surface area (Å²) in [4.78, 5) is 11.7. The second-order valence-corrected chi connectivity index (χ2v) is 7.57. The molecule has 0 saturated carbocycles. The van der Waals surface area contributed by atoms with E-state index in [0.717, 1.165) is 6.42 Å². The first-order valence-corrected chi connectivity index (χ1v) is 10.9. The number of esters is 1. The summed E-state index contributed by atoms with van der Waals surface area (Å²) < 4.78 is 5.39. The lowest BCUT2D eigenvalue weighted by atomic mass is 10.0. The minimum absolute atomic E-state index is 0.00765. The van der Waals surface area contributed by atoms with Gasteiger partial charge in [-0.05, 0) is 18.8 Å². The molecule has 2 heteroatoms. The molecule has 0 aliphatic carbocycles. The maximum absolute atomic E-state index is 11.7. The lowest BCUT2D eigenvalue weighted by Gasteiger charge is -2.11. The Morgan fingerprint density at radius 3 is 1.71 bits per heavy atom. The Hall–Kier alpha value is -0.530. The quantitative estimate of drug-likeness (QED) is 0.191. The molecule has 1 atom stereocenters. The Bertz CT molecular complexity index is 263. The zero-order valence-electron chi connectivity index (χ0n) is 16.9. The van der Waals surface area contributed by atoms with Crippen LogP contribution in [-0.4, -0.2) is 12.6 Å². The van der Waals surface area contributed by atoms with Gasteiger partial charge in [0.05, 0.1) is 6.61 Å². The van der Waals surface area contributed by atoms with Crippen molar-refractivity contribution in [2.75, 3.05) is 6.61 Å². The fraction of sp³-hybridized carbons (Fsp3) is 0.955. The highest BCUT2D eigenvalue weighted by molar-refractivity contribution is 5.69. The summed E-state index contributed by atoms with van der Waals surface area (Å²) in [5.74, 6) is 0.520. The summed E-state index contributed by atoms with van der Waals surface area (Å²) in [7, 11) is 0. The Balaban J connectivity index is 3.25. The molecule has 0 amide bonds. The minimum Gasteiger partial charge on any atom is -0.465 e. The maximum Gasteiger partial charge on any atom is 0.305 e. The first kappa shape index (κ1) is 23.5. The standard InChI is InChI=1S/C22H44O2/c1-4-6-8-9-10-11-12-13-14-15-17-19-22(23)24-20-21(3)18-16-7-5-2/h21H,4-20H2,1-3H3. The number of rotatable bonds is 18. The summed E-state index contributed by atoms with van der Waals surface area (Å²) >= 11 is 0. The number of ether oxygens (including phenoxy) is 1. The fourth-order valence-electron chi connectivity index (χ4n) is 3.07. The Kier molecular flexibility index (Phi) is 18.4. The van der Waals surface area contributed by atoms with Crippen molar-refractivity contribution in [3.8, 4) is 0 Å². The van der Waals surface area contributed by atoms with E-state index < -0.39 is 0 Å². The van der Waals surface area contributed by atoms with Crippen molar-refractivity contribution >= 4 is 5.97 Å². The Morgan fingerprint density at radius 2 is 1.17 bits per heavy atom. The SMILES string of the molecule is CCCCCCCCCCCCCC(=O)OCC(C)CCCCC. The number of unbranched alkanes of at least 4 members (excludes halogenated alkanes) is 12.